The van der Waals surface area contributed by atoms with Crippen LogP contribution in [0.4, 0.5) is 5.69 Å². The molecular formula is C13H19N3O2. The molecule has 0 radical (unpaired) electrons. The number of ether oxygens (including phenoxy) is 1. The smallest absolute Gasteiger partial charge is 0.238 e. The number of aryl methyl sites for hydroxylation is 1. The fraction of sp³-hybridized carbons (Fsp3) is 0.538. The van der Waals surface area contributed by atoms with Crippen LogP contribution in [0.15, 0.2) is 18.5 Å². The number of rotatable bonds is 5. The third-order valence-electron chi connectivity index (χ3n) is 2.99. The Morgan fingerprint density at radius 2 is 2.50 bits per heavy atom. The number of hydrogen-bond acceptors (Lipinski definition) is 4. The van der Waals surface area contributed by atoms with E-state index in [-0.39, 0.29) is 12.0 Å². The van der Waals surface area contributed by atoms with Crippen LogP contribution in [0.1, 0.15) is 18.4 Å². The number of nitrogens with one attached hydrogen (secondary N) is 2. The molecule has 98 valence electrons. The van der Waals surface area contributed by atoms with Crippen LogP contribution in [-0.4, -0.2) is 36.7 Å². The van der Waals surface area contributed by atoms with Gasteiger partial charge >= 0.3 is 0 Å². The summed E-state index contributed by atoms with van der Waals surface area (Å²) in [6.45, 7) is 3.82. The molecule has 1 aliphatic heterocycles. The molecule has 2 N–H and O–H groups in total. The second-order valence-corrected chi connectivity index (χ2v) is 4.50. The Morgan fingerprint density at radius 3 is 3.22 bits per heavy atom. The van der Waals surface area contributed by atoms with Crippen LogP contribution in [0.25, 0.3) is 0 Å². The molecule has 1 saturated heterocycles. The summed E-state index contributed by atoms with van der Waals surface area (Å²) < 4.78 is 5.47. The van der Waals surface area contributed by atoms with Crippen LogP contribution in [0, 0.1) is 6.92 Å². The lowest BCUT2D eigenvalue weighted by molar-refractivity contribution is -0.115. The van der Waals surface area contributed by atoms with Crippen molar-refractivity contribution < 1.29 is 9.53 Å². The molecule has 2 rings (SSSR count). The molecule has 1 aliphatic rings. The standard InChI is InChI=1S/C13H19N3O2/c1-10-4-5-14-8-12(10)16-13(17)9-15-7-11-3-2-6-18-11/h4-5,8,11,15H,2-3,6-7,9H2,1H3,(H,16,17). The van der Waals surface area contributed by atoms with Gasteiger partial charge in [-0.05, 0) is 31.4 Å². The van der Waals surface area contributed by atoms with E-state index < -0.39 is 0 Å². The molecule has 2 heterocycles. The highest BCUT2D eigenvalue weighted by atomic mass is 16.5. The van der Waals surface area contributed by atoms with Gasteiger partial charge in [-0.25, -0.2) is 0 Å². The molecule has 1 unspecified atom stereocenters. The minimum atomic E-state index is -0.0518. The first kappa shape index (κ1) is 13.0. The minimum Gasteiger partial charge on any atom is -0.377 e. The highest BCUT2D eigenvalue weighted by Crippen LogP contribution is 2.11. The quantitative estimate of drug-likeness (QED) is 0.820. The summed E-state index contributed by atoms with van der Waals surface area (Å²) in [5.41, 5.74) is 1.78. The average molecular weight is 249 g/mol. The Kier molecular flexibility index (Phi) is 4.66. The largest absolute Gasteiger partial charge is 0.377 e. The number of pyridine rings is 1. The zero-order valence-corrected chi connectivity index (χ0v) is 10.6. The van der Waals surface area contributed by atoms with Crippen molar-refractivity contribution in [3.8, 4) is 0 Å². The summed E-state index contributed by atoms with van der Waals surface area (Å²) in [6, 6.07) is 1.87. The van der Waals surface area contributed by atoms with Crippen LogP contribution >= 0.6 is 0 Å². The third-order valence-corrected chi connectivity index (χ3v) is 2.99. The van der Waals surface area contributed by atoms with Gasteiger partial charge in [-0.3, -0.25) is 9.78 Å². The molecule has 1 aromatic heterocycles. The molecule has 0 spiro atoms. The number of anilines is 1. The normalized spacial score (nSPS) is 18.8. The van der Waals surface area contributed by atoms with Gasteiger partial charge in [-0.1, -0.05) is 0 Å². The Labute approximate surface area is 107 Å². The molecule has 0 bridgehead atoms. The zero-order chi connectivity index (χ0) is 12.8. The van der Waals surface area contributed by atoms with Crippen molar-refractivity contribution in [3.05, 3.63) is 24.0 Å². The first-order valence-corrected chi connectivity index (χ1v) is 6.28. The number of carbonyl (C=O) groups is 1. The zero-order valence-electron chi connectivity index (χ0n) is 10.6. The molecule has 5 nitrogen and oxygen atoms in total. The van der Waals surface area contributed by atoms with E-state index >= 15 is 0 Å². The number of hydrogen-bond donors (Lipinski definition) is 2. The molecule has 1 atom stereocenters. The summed E-state index contributed by atoms with van der Waals surface area (Å²) in [5.74, 6) is -0.0518. The van der Waals surface area contributed by atoms with Gasteiger partial charge < -0.3 is 15.4 Å². The summed E-state index contributed by atoms with van der Waals surface area (Å²) in [5, 5.41) is 5.94. The molecule has 1 fully saturated rings. The van der Waals surface area contributed by atoms with Crippen molar-refractivity contribution in [2.24, 2.45) is 0 Å². The van der Waals surface area contributed by atoms with Crippen LogP contribution < -0.4 is 10.6 Å². The lowest BCUT2D eigenvalue weighted by atomic mass is 10.2. The first-order valence-electron chi connectivity index (χ1n) is 6.28. The Hall–Kier alpha value is -1.46. The van der Waals surface area contributed by atoms with Crippen LogP contribution in [0.5, 0.6) is 0 Å². The van der Waals surface area contributed by atoms with Crippen molar-refractivity contribution >= 4 is 11.6 Å². The third kappa shape index (κ3) is 3.78. The fourth-order valence-electron chi connectivity index (χ4n) is 1.94. The molecule has 1 aromatic rings. The number of amides is 1. The van der Waals surface area contributed by atoms with E-state index in [0.717, 1.165) is 37.2 Å². The topological polar surface area (TPSA) is 63.2 Å². The molecule has 0 saturated carbocycles. The van der Waals surface area contributed by atoms with E-state index in [4.69, 9.17) is 4.74 Å². The maximum absolute atomic E-state index is 11.7. The van der Waals surface area contributed by atoms with E-state index in [2.05, 4.69) is 15.6 Å². The number of carbonyl (C=O) groups excluding carboxylic acids is 1. The lowest BCUT2D eigenvalue weighted by Gasteiger charge is -2.11. The molecule has 18 heavy (non-hydrogen) atoms. The number of aromatic nitrogens is 1. The highest BCUT2D eigenvalue weighted by Gasteiger charge is 2.15. The van der Waals surface area contributed by atoms with Gasteiger partial charge in [0.05, 0.1) is 24.5 Å². The van der Waals surface area contributed by atoms with E-state index in [1.54, 1.807) is 12.4 Å². The van der Waals surface area contributed by atoms with Gasteiger partial charge in [0, 0.05) is 19.3 Å². The first-order chi connectivity index (χ1) is 8.75. The molecule has 0 aliphatic carbocycles. The Balaban J connectivity index is 1.70. The van der Waals surface area contributed by atoms with E-state index in [1.165, 1.54) is 0 Å². The molecule has 1 amide bonds. The van der Waals surface area contributed by atoms with Crippen LogP contribution in [0.2, 0.25) is 0 Å². The van der Waals surface area contributed by atoms with Gasteiger partial charge in [0.25, 0.3) is 0 Å². The van der Waals surface area contributed by atoms with Crippen LogP contribution in [-0.2, 0) is 9.53 Å². The average Bonchev–Trinajstić information content (AvgIpc) is 2.85. The van der Waals surface area contributed by atoms with Gasteiger partial charge in [-0.15, -0.1) is 0 Å². The number of nitrogens with zero attached hydrogens (tertiary/aromatic N) is 1. The summed E-state index contributed by atoms with van der Waals surface area (Å²) in [6.07, 6.45) is 5.83. The SMILES string of the molecule is Cc1ccncc1NC(=O)CNCC1CCCO1. The van der Waals surface area contributed by atoms with Crippen LogP contribution in [0.3, 0.4) is 0 Å². The summed E-state index contributed by atoms with van der Waals surface area (Å²) >= 11 is 0. The Bertz CT molecular complexity index is 403. The predicted octanol–water partition coefficient (Wildman–Crippen LogP) is 1.10. The Morgan fingerprint density at radius 1 is 1.61 bits per heavy atom. The molecular weight excluding hydrogens is 230 g/mol. The summed E-state index contributed by atoms with van der Waals surface area (Å²) in [7, 11) is 0. The second kappa shape index (κ2) is 6.47. The van der Waals surface area contributed by atoms with Gasteiger partial charge in [0.15, 0.2) is 0 Å². The van der Waals surface area contributed by atoms with Crippen molar-refractivity contribution in [2.45, 2.75) is 25.9 Å². The summed E-state index contributed by atoms with van der Waals surface area (Å²) in [4.78, 5) is 15.7. The molecule has 5 heteroatoms. The monoisotopic (exact) mass is 249 g/mol. The van der Waals surface area contributed by atoms with E-state index in [0.29, 0.717) is 6.54 Å². The highest BCUT2D eigenvalue weighted by molar-refractivity contribution is 5.92. The molecule has 0 aromatic carbocycles. The predicted molar refractivity (Wildman–Crippen MR) is 69.4 cm³/mol. The van der Waals surface area contributed by atoms with Gasteiger partial charge in [-0.2, -0.15) is 0 Å². The minimum absolute atomic E-state index is 0.0518. The van der Waals surface area contributed by atoms with E-state index in [1.807, 2.05) is 13.0 Å². The van der Waals surface area contributed by atoms with Gasteiger partial charge in [0.1, 0.15) is 0 Å². The van der Waals surface area contributed by atoms with Gasteiger partial charge in [0.2, 0.25) is 5.91 Å². The fourth-order valence-corrected chi connectivity index (χ4v) is 1.94. The van der Waals surface area contributed by atoms with Crippen molar-refractivity contribution in [2.75, 3.05) is 25.0 Å². The van der Waals surface area contributed by atoms with Crippen molar-refractivity contribution in [1.82, 2.24) is 10.3 Å². The van der Waals surface area contributed by atoms with E-state index in [9.17, 15) is 4.79 Å². The maximum Gasteiger partial charge on any atom is 0.238 e. The second-order valence-electron chi connectivity index (χ2n) is 4.50. The lowest BCUT2D eigenvalue weighted by Crippen LogP contribution is -2.33. The van der Waals surface area contributed by atoms with Crippen molar-refractivity contribution in [1.29, 1.82) is 0 Å². The van der Waals surface area contributed by atoms with Crippen molar-refractivity contribution in [3.63, 3.8) is 0 Å². The maximum atomic E-state index is 11.7.